The molecule has 0 fully saturated rings. The molecule has 0 aliphatic carbocycles. The van der Waals surface area contributed by atoms with Gasteiger partial charge in [-0.1, -0.05) is 24.3 Å². The largest absolute Gasteiger partial charge is 0.394 e. The molecule has 2 rings (SSSR count). The summed E-state index contributed by atoms with van der Waals surface area (Å²) in [6.07, 6.45) is -0.849. The molecule has 0 aromatic heterocycles. The summed E-state index contributed by atoms with van der Waals surface area (Å²) >= 11 is 0. The molecule has 0 heterocycles. The van der Waals surface area contributed by atoms with Crippen LogP contribution >= 0.6 is 0 Å². The Hall–Kier alpha value is -2.37. The molecular formula is C17H20N2O3. The second-order valence-corrected chi connectivity index (χ2v) is 5.09. The van der Waals surface area contributed by atoms with Gasteiger partial charge in [0.2, 0.25) is 0 Å². The smallest absolute Gasteiger partial charge is 0.255 e. The summed E-state index contributed by atoms with van der Waals surface area (Å²) < 4.78 is 0. The average Bonchev–Trinajstić information content (AvgIpc) is 2.55. The number of carbonyl (C=O) groups is 1. The summed E-state index contributed by atoms with van der Waals surface area (Å²) in [5.41, 5.74) is 2.93. The molecule has 0 aliphatic rings. The van der Waals surface area contributed by atoms with Crippen molar-refractivity contribution in [1.82, 2.24) is 0 Å². The molecule has 1 amide bonds. The highest BCUT2D eigenvalue weighted by molar-refractivity contribution is 6.05. The van der Waals surface area contributed by atoms with Crippen LogP contribution in [0, 0.1) is 6.92 Å². The van der Waals surface area contributed by atoms with E-state index in [1.807, 2.05) is 31.2 Å². The van der Waals surface area contributed by atoms with Crippen molar-refractivity contribution in [3.05, 3.63) is 59.7 Å². The highest BCUT2D eigenvalue weighted by atomic mass is 16.3. The number of aliphatic hydroxyl groups excluding tert-OH is 2. The molecule has 0 radical (unpaired) electrons. The van der Waals surface area contributed by atoms with Crippen molar-refractivity contribution in [2.75, 3.05) is 23.8 Å². The first-order chi connectivity index (χ1) is 10.6. The van der Waals surface area contributed by atoms with Crippen LogP contribution in [0.25, 0.3) is 0 Å². The molecule has 2 aromatic rings. The Morgan fingerprint density at radius 3 is 2.55 bits per heavy atom. The number of hydrogen-bond acceptors (Lipinski definition) is 4. The third kappa shape index (κ3) is 4.31. The van der Waals surface area contributed by atoms with Gasteiger partial charge in [0.1, 0.15) is 0 Å². The molecule has 0 spiro atoms. The molecule has 0 saturated heterocycles. The minimum atomic E-state index is -0.849. The predicted molar refractivity (Wildman–Crippen MR) is 87.2 cm³/mol. The van der Waals surface area contributed by atoms with E-state index < -0.39 is 6.10 Å². The number of anilines is 2. The third-order valence-corrected chi connectivity index (χ3v) is 3.20. The minimum Gasteiger partial charge on any atom is -0.394 e. The molecular weight excluding hydrogens is 280 g/mol. The SMILES string of the molecule is Cc1ccc(NC(=O)c2ccccc2)c(NCC(O)CO)c1. The van der Waals surface area contributed by atoms with Gasteiger partial charge in [0.25, 0.3) is 5.91 Å². The van der Waals surface area contributed by atoms with Crippen molar-refractivity contribution < 1.29 is 15.0 Å². The van der Waals surface area contributed by atoms with Gasteiger partial charge in [0, 0.05) is 12.1 Å². The van der Waals surface area contributed by atoms with Crippen molar-refractivity contribution in [3.8, 4) is 0 Å². The lowest BCUT2D eigenvalue weighted by Gasteiger charge is -2.16. The zero-order valence-corrected chi connectivity index (χ0v) is 12.4. The molecule has 22 heavy (non-hydrogen) atoms. The molecule has 5 heteroatoms. The number of nitrogens with one attached hydrogen (secondary N) is 2. The van der Waals surface area contributed by atoms with Crippen molar-refractivity contribution in [3.63, 3.8) is 0 Å². The van der Waals surface area contributed by atoms with Gasteiger partial charge in [-0.05, 0) is 36.8 Å². The predicted octanol–water partition coefficient (Wildman–Crippen LogP) is 2.01. The van der Waals surface area contributed by atoms with Crippen molar-refractivity contribution in [2.45, 2.75) is 13.0 Å². The molecule has 0 aliphatic heterocycles. The lowest BCUT2D eigenvalue weighted by Crippen LogP contribution is -2.23. The van der Waals surface area contributed by atoms with Gasteiger partial charge in [-0.3, -0.25) is 4.79 Å². The van der Waals surface area contributed by atoms with Crippen molar-refractivity contribution in [2.24, 2.45) is 0 Å². The number of benzene rings is 2. The van der Waals surface area contributed by atoms with E-state index in [0.717, 1.165) is 5.56 Å². The van der Waals surface area contributed by atoms with E-state index in [-0.39, 0.29) is 19.1 Å². The van der Waals surface area contributed by atoms with E-state index in [2.05, 4.69) is 10.6 Å². The summed E-state index contributed by atoms with van der Waals surface area (Å²) in [6.45, 7) is 1.83. The fourth-order valence-corrected chi connectivity index (χ4v) is 1.99. The van der Waals surface area contributed by atoms with E-state index >= 15 is 0 Å². The molecule has 4 N–H and O–H groups in total. The van der Waals surface area contributed by atoms with Gasteiger partial charge in [-0.15, -0.1) is 0 Å². The maximum atomic E-state index is 12.2. The van der Waals surface area contributed by atoms with Crippen LogP contribution < -0.4 is 10.6 Å². The first-order valence-electron chi connectivity index (χ1n) is 7.10. The normalized spacial score (nSPS) is 11.8. The molecule has 1 atom stereocenters. The second-order valence-electron chi connectivity index (χ2n) is 5.09. The lowest BCUT2D eigenvalue weighted by molar-refractivity contribution is 0.102. The Morgan fingerprint density at radius 2 is 1.86 bits per heavy atom. The first-order valence-corrected chi connectivity index (χ1v) is 7.10. The molecule has 1 unspecified atom stereocenters. The standard InChI is InChI=1S/C17H20N2O3/c1-12-7-8-15(16(9-12)18-10-14(21)11-20)19-17(22)13-5-3-2-4-6-13/h2-9,14,18,20-21H,10-11H2,1H3,(H,19,22). The van der Waals surface area contributed by atoms with Gasteiger partial charge < -0.3 is 20.8 Å². The summed E-state index contributed by atoms with van der Waals surface area (Å²) in [5, 5.41) is 24.2. The first kappa shape index (κ1) is 16.0. The monoisotopic (exact) mass is 300 g/mol. The third-order valence-electron chi connectivity index (χ3n) is 3.20. The highest BCUT2D eigenvalue weighted by Gasteiger charge is 2.10. The summed E-state index contributed by atoms with van der Waals surface area (Å²) in [6, 6.07) is 14.5. The van der Waals surface area contributed by atoms with Crippen LogP contribution in [0.1, 0.15) is 15.9 Å². The van der Waals surface area contributed by atoms with Crippen LogP contribution in [-0.4, -0.2) is 35.4 Å². The maximum Gasteiger partial charge on any atom is 0.255 e. The number of aryl methyl sites for hydroxylation is 1. The van der Waals surface area contributed by atoms with Gasteiger partial charge >= 0.3 is 0 Å². The zero-order chi connectivity index (χ0) is 15.9. The summed E-state index contributed by atoms with van der Waals surface area (Å²) in [5.74, 6) is -0.199. The number of rotatable bonds is 6. The van der Waals surface area contributed by atoms with E-state index in [0.29, 0.717) is 16.9 Å². The molecule has 5 nitrogen and oxygen atoms in total. The summed E-state index contributed by atoms with van der Waals surface area (Å²) in [4.78, 5) is 12.2. The Labute approximate surface area is 129 Å². The zero-order valence-electron chi connectivity index (χ0n) is 12.4. The van der Waals surface area contributed by atoms with Gasteiger partial charge in [-0.2, -0.15) is 0 Å². The van der Waals surface area contributed by atoms with Crippen molar-refractivity contribution >= 4 is 17.3 Å². The number of amides is 1. The van der Waals surface area contributed by atoms with Crippen LogP contribution in [0.3, 0.4) is 0 Å². The Kier molecular flexibility index (Phi) is 5.52. The summed E-state index contributed by atoms with van der Waals surface area (Å²) in [7, 11) is 0. The second kappa shape index (κ2) is 7.59. The van der Waals surface area contributed by atoms with Gasteiger partial charge in [0.15, 0.2) is 0 Å². The topological polar surface area (TPSA) is 81.6 Å². The van der Waals surface area contributed by atoms with E-state index in [4.69, 9.17) is 5.11 Å². The Bertz CT molecular complexity index is 629. The van der Waals surface area contributed by atoms with Crippen molar-refractivity contribution in [1.29, 1.82) is 0 Å². The van der Waals surface area contributed by atoms with Crippen LogP contribution in [0.15, 0.2) is 48.5 Å². The maximum absolute atomic E-state index is 12.2. The van der Waals surface area contributed by atoms with Gasteiger partial charge in [0.05, 0.1) is 24.1 Å². The van der Waals surface area contributed by atoms with Crippen LogP contribution in [-0.2, 0) is 0 Å². The number of aliphatic hydroxyl groups is 2. The molecule has 0 bridgehead atoms. The highest BCUT2D eigenvalue weighted by Crippen LogP contribution is 2.23. The van der Waals surface area contributed by atoms with E-state index in [1.54, 1.807) is 24.3 Å². The number of carbonyl (C=O) groups excluding carboxylic acids is 1. The molecule has 116 valence electrons. The van der Waals surface area contributed by atoms with Crippen LogP contribution in [0.4, 0.5) is 11.4 Å². The quantitative estimate of drug-likeness (QED) is 0.658. The fourth-order valence-electron chi connectivity index (χ4n) is 1.99. The van der Waals surface area contributed by atoms with Crippen LogP contribution in [0.2, 0.25) is 0 Å². The van der Waals surface area contributed by atoms with Crippen LogP contribution in [0.5, 0.6) is 0 Å². The Balaban J connectivity index is 2.14. The minimum absolute atomic E-state index is 0.199. The average molecular weight is 300 g/mol. The van der Waals surface area contributed by atoms with Gasteiger partial charge in [-0.25, -0.2) is 0 Å². The van der Waals surface area contributed by atoms with E-state index in [9.17, 15) is 9.90 Å². The lowest BCUT2D eigenvalue weighted by atomic mass is 10.1. The number of hydrogen-bond donors (Lipinski definition) is 4. The molecule has 0 saturated carbocycles. The van der Waals surface area contributed by atoms with E-state index in [1.165, 1.54) is 0 Å². The molecule has 2 aromatic carbocycles. The Morgan fingerprint density at radius 1 is 1.14 bits per heavy atom. The fraction of sp³-hybridized carbons (Fsp3) is 0.235.